The zero-order chi connectivity index (χ0) is 17.8. The summed E-state index contributed by atoms with van der Waals surface area (Å²) in [6.45, 7) is 5.19. The molecule has 25 heavy (non-hydrogen) atoms. The Morgan fingerprint density at radius 3 is 2.44 bits per heavy atom. The molecule has 2 aromatic carbocycles. The predicted octanol–water partition coefficient (Wildman–Crippen LogP) is 3.52. The van der Waals surface area contributed by atoms with Crippen molar-refractivity contribution in [1.29, 1.82) is 0 Å². The van der Waals surface area contributed by atoms with Gasteiger partial charge in [-0.2, -0.15) is 0 Å². The largest absolute Gasteiger partial charge is 0.352 e. The molecule has 1 fully saturated rings. The second-order valence-corrected chi connectivity index (χ2v) is 6.50. The van der Waals surface area contributed by atoms with Crippen LogP contribution < -0.4 is 10.6 Å². The topological polar surface area (TPSA) is 61.4 Å². The van der Waals surface area contributed by atoms with E-state index in [0.717, 1.165) is 5.56 Å². The summed E-state index contributed by atoms with van der Waals surface area (Å²) in [6, 6.07) is 16.3. The second-order valence-electron chi connectivity index (χ2n) is 6.50. The molecule has 1 heterocycles. The number of para-hydroxylation sites is 1. The van der Waals surface area contributed by atoms with Crippen molar-refractivity contribution < 1.29 is 9.59 Å². The lowest BCUT2D eigenvalue weighted by Crippen LogP contribution is -2.53. The van der Waals surface area contributed by atoms with Crippen LogP contribution in [-0.2, 0) is 4.79 Å². The molecule has 1 atom stereocenters. The Kier molecular flexibility index (Phi) is 5.03. The van der Waals surface area contributed by atoms with E-state index in [4.69, 9.17) is 0 Å². The molecule has 2 aromatic rings. The maximum absolute atomic E-state index is 12.7. The third-order valence-electron chi connectivity index (χ3n) is 4.42. The van der Waals surface area contributed by atoms with E-state index >= 15 is 0 Å². The molecule has 3 rings (SSSR count). The Bertz CT molecular complexity index is 741. The fourth-order valence-corrected chi connectivity index (χ4v) is 3.00. The Morgan fingerprint density at radius 2 is 1.80 bits per heavy atom. The van der Waals surface area contributed by atoms with Gasteiger partial charge in [0.15, 0.2) is 0 Å². The minimum absolute atomic E-state index is 0.147. The van der Waals surface area contributed by atoms with Gasteiger partial charge >= 0.3 is 6.03 Å². The van der Waals surface area contributed by atoms with Crippen LogP contribution in [0.25, 0.3) is 0 Å². The van der Waals surface area contributed by atoms with E-state index in [1.807, 2.05) is 54.6 Å². The number of rotatable bonds is 3. The summed E-state index contributed by atoms with van der Waals surface area (Å²) in [4.78, 5) is 26.7. The van der Waals surface area contributed by atoms with E-state index in [2.05, 4.69) is 24.5 Å². The number of hydrogen-bond donors (Lipinski definition) is 2. The van der Waals surface area contributed by atoms with Gasteiger partial charge in [-0.15, -0.1) is 0 Å². The molecule has 130 valence electrons. The molecule has 1 aliphatic rings. The molecule has 5 heteroatoms. The monoisotopic (exact) mass is 337 g/mol. The first kappa shape index (κ1) is 17.0. The van der Waals surface area contributed by atoms with Gasteiger partial charge in [0.05, 0.1) is 0 Å². The molecule has 5 nitrogen and oxygen atoms in total. The zero-order valence-electron chi connectivity index (χ0n) is 14.5. The number of nitrogens with zero attached hydrogens (tertiary/aromatic N) is 1. The molecule has 1 unspecified atom stereocenters. The van der Waals surface area contributed by atoms with Gasteiger partial charge in [0.1, 0.15) is 6.04 Å². The fraction of sp³-hybridized carbons (Fsp3) is 0.300. The van der Waals surface area contributed by atoms with Crippen molar-refractivity contribution in [2.45, 2.75) is 25.8 Å². The lowest BCUT2D eigenvalue weighted by molar-refractivity contribution is -0.127. The lowest BCUT2D eigenvalue weighted by atomic mass is 9.97. The molecule has 0 radical (unpaired) electrons. The Hall–Kier alpha value is -2.82. The van der Waals surface area contributed by atoms with Gasteiger partial charge in [-0.25, -0.2) is 4.79 Å². The number of piperazine rings is 1. The average Bonchev–Trinajstić information content (AvgIpc) is 2.62. The highest BCUT2D eigenvalue weighted by Gasteiger charge is 2.34. The summed E-state index contributed by atoms with van der Waals surface area (Å²) in [5.74, 6) is 0.276. The van der Waals surface area contributed by atoms with E-state index < -0.39 is 6.04 Å². The van der Waals surface area contributed by atoms with E-state index in [-0.39, 0.29) is 11.9 Å². The highest BCUT2D eigenvalue weighted by atomic mass is 16.2. The fourth-order valence-electron chi connectivity index (χ4n) is 3.00. The Balaban J connectivity index is 1.83. The third kappa shape index (κ3) is 3.82. The number of carbonyl (C=O) groups excluding carboxylic acids is 2. The molecule has 0 saturated carbocycles. The van der Waals surface area contributed by atoms with Gasteiger partial charge in [-0.1, -0.05) is 56.3 Å². The van der Waals surface area contributed by atoms with Crippen molar-refractivity contribution in [2.24, 2.45) is 0 Å². The van der Waals surface area contributed by atoms with Crippen LogP contribution in [0.2, 0.25) is 0 Å². The molecule has 1 saturated heterocycles. The minimum Gasteiger partial charge on any atom is -0.352 e. The van der Waals surface area contributed by atoms with Crippen LogP contribution in [-0.4, -0.2) is 29.9 Å². The van der Waals surface area contributed by atoms with Gasteiger partial charge in [-0.05, 0) is 29.2 Å². The molecule has 0 spiro atoms. The van der Waals surface area contributed by atoms with Crippen molar-refractivity contribution in [1.82, 2.24) is 10.2 Å². The molecule has 3 amide bonds. The first-order valence-corrected chi connectivity index (χ1v) is 8.56. The highest BCUT2D eigenvalue weighted by Crippen LogP contribution is 2.26. The predicted molar refractivity (Wildman–Crippen MR) is 98.4 cm³/mol. The molecule has 0 bridgehead atoms. The van der Waals surface area contributed by atoms with Crippen molar-refractivity contribution in [2.75, 3.05) is 18.4 Å². The van der Waals surface area contributed by atoms with E-state index in [1.165, 1.54) is 5.56 Å². The summed E-state index contributed by atoms with van der Waals surface area (Å²) in [7, 11) is 0. The van der Waals surface area contributed by atoms with Gasteiger partial charge in [-0.3, -0.25) is 4.79 Å². The van der Waals surface area contributed by atoms with Crippen LogP contribution in [0.3, 0.4) is 0 Å². The maximum Gasteiger partial charge on any atom is 0.322 e. The number of amides is 3. The smallest absolute Gasteiger partial charge is 0.322 e. The lowest BCUT2D eigenvalue weighted by Gasteiger charge is -2.35. The van der Waals surface area contributed by atoms with Crippen LogP contribution in [0.4, 0.5) is 10.5 Å². The number of hydrogen-bond acceptors (Lipinski definition) is 2. The minimum atomic E-state index is -0.612. The Morgan fingerprint density at radius 1 is 1.12 bits per heavy atom. The van der Waals surface area contributed by atoms with Crippen LogP contribution in [0.1, 0.15) is 36.9 Å². The van der Waals surface area contributed by atoms with E-state index in [0.29, 0.717) is 24.7 Å². The summed E-state index contributed by atoms with van der Waals surface area (Å²) in [6.07, 6.45) is 0. The van der Waals surface area contributed by atoms with E-state index in [9.17, 15) is 9.59 Å². The summed E-state index contributed by atoms with van der Waals surface area (Å²) >= 11 is 0. The molecule has 1 aliphatic heterocycles. The number of carbonyl (C=O) groups is 2. The molecule has 0 aliphatic carbocycles. The number of benzene rings is 2. The van der Waals surface area contributed by atoms with Crippen LogP contribution >= 0.6 is 0 Å². The van der Waals surface area contributed by atoms with Crippen LogP contribution in [0.15, 0.2) is 54.6 Å². The standard InChI is InChI=1S/C20H23N3O2/c1-14(2)15-8-10-16(11-9-15)18-19(24)21-12-13-23(18)20(25)22-17-6-4-3-5-7-17/h3-11,14,18H,12-13H2,1-2H3,(H,21,24)(H,22,25). The summed E-state index contributed by atoms with van der Waals surface area (Å²) < 4.78 is 0. The first-order chi connectivity index (χ1) is 12.1. The van der Waals surface area contributed by atoms with Crippen LogP contribution in [0.5, 0.6) is 0 Å². The van der Waals surface area contributed by atoms with Gasteiger partial charge < -0.3 is 15.5 Å². The Labute approximate surface area is 148 Å². The molecular formula is C20H23N3O2. The quantitative estimate of drug-likeness (QED) is 0.900. The molecule has 2 N–H and O–H groups in total. The zero-order valence-corrected chi connectivity index (χ0v) is 14.5. The van der Waals surface area contributed by atoms with Gasteiger partial charge in [0, 0.05) is 18.8 Å². The first-order valence-electron chi connectivity index (χ1n) is 8.56. The molecular weight excluding hydrogens is 314 g/mol. The SMILES string of the molecule is CC(C)c1ccc(C2C(=O)NCCN2C(=O)Nc2ccccc2)cc1. The third-order valence-corrected chi connectivity index (χ3v) is 4.42. The van der Waals surface area contributed by atoms with Crippen molar-refractivity contribution in [3.8, 4) is 0 Å². The number of nitrogens with one attached hydrogen (secondary N) is 2. The van der Waals surface area contributed by atoms with Crippen LogP contribution in [0, 0.1) is 0 Å². The van der Waals surface area contributed by atoms with Crippen molar-refractivity contribution in [3.05, 3.63) is 65.7 Å². The molecule has 0 aromatic heterocycles. The van der Waals surface area contributed by atoms with Gasteiger partial charge in [0.25, 0.3) is 0 Å². The number of anilines is 1. The van der Waals surface area contributed by atoms with E-state index in [1.54, 1.807) is 4.90 Å². The van der Waals surface area contributed by atoms with Gasteiger partial charge in [0.2, 0.25) is 5.91 Å². The highest BCUT2D eigenvalue weighted by molar-refractivity contribution is 5.95. The van der Waals surface area contributed by atoms with Crippen molar-refractivity contribution in [3.63, 3.8) is 0 Å². The second kappa shape index (κ2) is 7.38. The van der Waals surface area contributed by atoms with Crippen molar-refractivity contribution >= 4 is 17.6 Å². The number of urea groups is 1. The average molecular weight is 337 g/mol. The maximum atomic E-state index is 12.7. The summed E-state index contributed by atoms with van der Waals surface area (Å²) in [5.41, 5.74) is 2.75. The summed E-state index contributed by atoms with van der Waals surface area (Å²) in [5, 5.41) is 5.72. The normalized spacial score (nSPS) is 17.3.